The zero-order chi connectivity index (χ0) is 55.6. The van der Waals surface area contributed by atoms with Crippen LogP contribution < -0.4 is 10.5 Å². The van der Waals surface area contributed by atoms with Gasteiger partial charge < -0.3 is 15.0 Å². The first kappa shape index (κ1) is 48.4. The molecular weight excluding hydrogens is 1010 g/mol. The quantitative estimate of drug-likeness (QED) is 0.179. The number of ether oxygens (including phenoxy) is 1. The van der Waals surface area contributed by atoms with Gasteiger partial charge in [0.1, 0.15) is 25.2 Å². The zero-order valence-corrected chi connectivity index (χ0v) is 47.4. The predicted octanol–water partition coefficient (Wildman–Crippen LogP) is 18.5. The lowest BCUT2D eigenvalue weighted by molar-refractivity contribution is 0.395. The van der Waals surface area contributed by atoms with Gasteiger partial charge >= 0.3 is 0 Å². The summed E-state index contributed by atoms with van der Waals surface area (Å²) in [6, 6.07) is 73.2. The molecule has 4 nitrogen and oxygen atoms in total. The van der Waals surface area contributed by atoms with E-state index in [0.29, 0.717) is 5.82 Å². The summed E-state index contributed by atoms with van der Waals surface area (Å²) in [4.78, 5) is 0. The minimum Gasteiger partial charge on any atom is -0.457 e. The Hall–Kier alpha value is -9.32. The predicted molar refractivity (Wildman–Crippen MR) is 347 cm³/mol. The minimum atomic E-state index is -0.938. The van der Waals surface area contributed by atoms with Crippen LogP contribution in [0.5, 0.6) is 11.5 Å². The molecule has 6 aliphatic rings. The molecule has 1 saturated carbocycles. The monoisotopic (exact) mass is 1070 g/mol. The molecule has 2 N–H and O–H groups in total. The van der Waals surface area contributed by atoms with Crippen molar-refractivity contribution in [3.8, 4) is 61.7 Å². The van der Waals surface area contributed by atoms with Crippen molar-refractivity contribution < 1.29 is 4.74 Å². The van der Waals surface area contributed by atoms with Crippen molar-refractivity contribution in [1.29, 1.82) is 0 Å². The van der Waals surface area contributed by atoms with Crippen LogP contribution in [0.3, 0.4) is 0 Å². The molecule has 398 valence electrons. The first-order chi connectivity index (χ1) is 40.6. The Morgan fingerprint density at radius 2 is 1.11 bits per heavy atom. The summed E-state index contributed by atoms with van der Waals surface area (Å²) in [5, 5.41) is 3.46. The number of benzene rings is 9. The third-order valence-corrected chi connectivity index (χ3v) is 19.9. The van der Waals surface area contributed by atoms with Crippen LogP contribution in [0, 0.1) is 5.41 Å². The van der Waals surface area contributed by atoms with Crippen molar-refractivity contribution >= 4 is 51.9 Å². The molecule has 2 unspecified atom stereocenters. The van der Waals surface area contributed by atoms with Gasteiger partial charge in [-0.3, -0.25) is 4.57 Å². The highest BCUT2D eigenvalue weighted by Gasteiger charge is 2.59. The molecule has 0 amide bonds. The van der Waals surface area contributed by atoms with E-state index in [9.17, 15) is 0 Å². The highest BCUT2D eigenvalue weighted by atomic mass is 16.5. The number of nitrogens with zero attached hydrogens (tertiary/aromatic N) is 2. The molecule has 2 atom stereocenters. The highest BCUT2D eigenvalue weighted by molar-refractivity contribution is 6.18. The van der Waals surface area contributed by atoms with Crippen molar-refractivity contribution in [2.24, 2.45) is 11.1 Å². The summed E-state index contributed by atoms with van der Waals surface area (Å²) >= 11 is 0. The molecule has 2 aromatic heterocycles. The topological polar surface area (TPSA) is 45.1 Å². The molecule has 11 aromatic rings. The maximum Gasteiger partial charge on any atom is 0.134 e. The van der Waals surface area contributed by atoms with Crippen molar-refractivity contribution in [3.63, 3.8) is 0 Å². The number of fused-ring (bicyclic) bond motifs is 13. The highest BCUT2D eigenvalue weighted by Crippen LogP contribution is 2.68. The molecule has 0 saturated heterocycles. The molecule has 3 aliphatic carbocycles. The van der Waals surface area contributed by atoms with Crippen LogP contribution in [0.1, 0.15) is 91.9 Å². The molecule has 5 heteroatoms. The maximum absolute atomic E-state index is 7.70. The number of allylic oxidation sites excluding steroid dienone is 9. The molecule has 3 aliphatic heterocycles. The van der Waals surface area contributed by atoms with Gasteiger partial charge in [0, 0.05) is 38.5 Å². The van der Waals surface area contributed by atoms with Crippen molar-refractivity contribution in [3.05, 3.63) is 281 Å². The van der Waals surface area contributed by atoms with Crippen LogP contribution in [0.4, 0.5) is 0 Å². The van der Waals surface area contributed by atoms with Crippen LogP contribution in [0.25, 0.3) is 94.3 Å². The first-order valence-electron chi connectivity index (χ1n) is 29.9. The molecule has 0 radical (unpaired) electrons. The fraction of sp³-hybridized carbons (Fsp3) is 0.154. The molecular formula is C78H62BN3O. The number of aromatic nitrogens is 2. The second-order valence-electron chi connectivity index (χ2n) is 25.5. The van der Waals surface area contributed by atoms with Gasteiger partial charge in [-0.2, -0.15) is 0 Å². The second kappa shape index (κ2) is 17.4. The number of hydrogen-bond acceptors (Lipinski definition) is 2. The number of para-hydroxylation sites is 1. The molecule has 2 spiro atoms. The Balaban J connectivity index is 1.11. The van der Waals surface area contributed by atoms with Gasteiger partial charge in [-0.15, -0.1) is 0 Å². The third-order valence-electron chi connectivity index (χ3n) is 19.9. The van der Waals surface area contributed by atoms with Gasteiger partial charge in [0.05, 0.1) is 33.1 Å². The van der Waals surface area contributed by atoms with Crippen LogP contribution in [-0.4, -0.2) is 17.0 Å². The van der Waals surface area contributed by atoms with Gasteiger partial charge in [-0.1, -0.05) is 229 Å². The molecule has 83 heavy (non-hydrogen) atoms. The van der Waals surface area contributed by atoms with E-state index in [2.05, 4.69) is 274 Å². The number of rotatable bonds is 4. The van der Waals surface area contributed by atoms with E-state index in [1.165, 1.54) is 108 Å². The number of nitrogens with two attached hydrogens (primary N) is 1. The molecule has 1 fully saturated rings. The van der Waals surface area contributed by atoms with Gasteiger partial charge in [0.2, 0.25) is 0 Å². The van der Waals surface area contributed by atoms with Crippen LogP contribution in [0.2, 0.25) is 0 Å². The maximum atomic E-state index is 7.70. The van der Waals surface area contributed by atoms with Crippen LogP contribution >= 0.6 is 0 Å². The van der Waals surface area contributed by atoms with Crippen molar-refractivity contribution in [2.45, 2.75) is 69.0 Å². The van der Waals surface area contributed by atoms with Gasteiger partial charge in [0.15, 0.2) is 0 Å². The number of hydrogen-bond donors (Lipinski definition) is 1. The van der Waals surface area contributed by atoms with Crippen LogP contribution in [0.15, 0.2) is 242 Å². The van der Waals surface area contributed by atoms with Gasteiger partial charge in [0.25, 0.3) is 0 Å². The lowest BCUT2D eigenvalue weighted by Gasteiger charge is -2.45. The Morgan fingerprint density at radius 3 is 1.87 bits per heavy atom. The first-order valence-corrected chi connectivity index (χ1v) is 29.9. The summed E-state index contributed by atoms with van der Waals surface area (Å²) in [7, 11) is 2.59. The van der Waals surface area contributed by atoms with E-state index in [-0.39, 0.29) is 10.7 Å². The lowest BCUT2D eigenvalue weighted by atomic mass is 9.51. The standard InChI is InChI=1S/C78H62BN3O/c1-75(2,3)53-26-20-43-78-70-64(36-19-37-65(70)83-66-39-38-59-56-29-13-14-34-62(56)82(67(80)47-53)73(59)71(66)78)81-63-35-18-30-57-54-27-11-12-28-55(54)58-31-17-32-61(76(79)40-15-6-16-41-76)69(58)77(72(68(57)63)74(78)81)42-21-33-60(77)52-45-50(48-22-7-4-8-23-48)44-51(46-52)49-24-9-5-10-25-49/h4-5,7-14,17-39,42-47H,6,15-16,40-41,79-80H2,1-3H3/b43-20+,53-26+,67-47+. The lowest BCUT2D eigenvalue weighted by Crippen LogP contribution is -2.39. The van der Waals surface area contributed by atoms with E-state index >= 15 is 0 Å². The summed E-state index contributed by atoms with van der Waals surface area (Å²) in [6.45, 7) is 6.88. The van der Waals surface area contributed by atoms with Crippen molar-refractivity contribution in [2.75, 3.05) is 0 Å². The van der Waals surface area contributed by atoms with Gasteiger partial charge in [-0.05, 0) is 144 Å². The fourth-order valence-corrected chi connectivity index (χ4v) is 16.3. The third kappa shape index (κ3) is 6.54. The largest absolute Gasteiger partial charge is 0.457 e. The summed E-state index contributed by atoms with van der Waals surface area (Å²) < 4.78 is 12.5. The van der Waals surface area contributed by atoms with Crippen LogP contribution in [-0.2, 0) is 16.1 Å². The Bertz CT molecular complexity index is 4740. The van der Waals surface area contributed by atoms with E-state index in [1.807, 2.05) is 0 Å². The average Bonchev–Trinajstić information content (AvgIpc) is 1.55. The summed E-state index contributed by atoms with van der Waals surface area (Å²) in [6.07, 6.45) is 22.9. The Morgan fingerprint density at radius 1 is 0.494 bits per heavy atom. The van der Waals surface area contributed by atoms with Crippen molar-refractivity contribution in [1.82, 2.24) is 9.13 Å². The molecule has 17 rings (SSSR count). The normalized spacial score (nSPS) is 21.2. The smallest absolute Gasteiger partial charge is 0.134 e. The fourth-order valence-electron chi connectivity index (χ4n) is 16.3. The van der Waals surface area contributed by atoms with E-state index in [1.54, 1.807) is 0 Å². The Kier molecular flexibility index (Phi) is 10.1. The van der Waals surface area contributed by atoms with E-state index in [4.69, 9.17) is 10.5 Å². The van der Waals surface area contributed by atoms with E-state index in [0.717, 1.165) is 68.5 Å². The summed E-state index contributed by atoms with van der Waals surface area (Å²) in [5.41, 5.74) is 31.1. The SMILES string of the molecule is BC1(c2cccc3c2C2(C=CC=C2c2cc(-c4ccccc4)cc(-c4ccccc4)c2)c2c4n(c5cccc(c25)-c2ccccc2-3)-c2cccc3c2C42/C=C/C=C(C(C)(C)C)\C=C(/N)n4c5ccccc5c5ccc(c2c54)O3)CCCCC1. The molecule has 9 aromatic carbocycles. The summed E-state index contributed by atoms with van der Waals surface area (Å²) in [5.74, 6) is 2.37. The Labute approximate surface area is 486 Å². The van der Waals surface area contributed by atoms with Gasteiger partial charge in [-0.25, -0.2) is 0 Å². The average molecular weight is 1070 g/mol. The zero-order valence-electron chi connectivity index (χ0n) is 47.4. The minimum absolute atomic E-state index is 0.101. The molecule has 5 heterocycles. The van der Waals surface area contributed by atoms with E-state index < -0.39 is 10.8 Å². The second-order valence-corrected chi connectivity index (χ2v) is 25.5. The molecule has 0 bridgehead atoms.